The van der Waals surface area contributed by atoms with Crippen molar-refractivity contribution >= 4 is 49.2 Å². The lowest BCUT2D eigenvalue weighted by molar-refractivity contribution is -0.142. The molecule has 0 spiro atoms. The number of hydrogen-bond donors (Lipinski definition) is 1. The van der Waals surface area contributed by atoms with Crippen LogP contribution in [0.2, 0.25) is 0 Å². The Bertz CT molecular complexity index is 781. The van der Waals surface area contributed by atoms with E-state index in [1.165, 1.54) is 11.3 Å². The molecule has 0 aliphatic rings. The van der Waals surface area contributed by atoms with Crippen LogP contribution >= 0.6 is 27.3 Å². The van der Waals surface area contributed by atoms with Crippen molar-refractivity contribution in [1.29, 1.82) is 0 Å². The molecular formula is C14H15BrN2O4S. The van der Waals surface area contributed by atoms with E-state index >= 15 is 0 Å². The summed E-state index contributed by atoms with van der Waals surface area (Å²) in [6, 6.07) is 0. The Balaban J connectivity index is 2.49. The third-order valence-electron chi connectivity index (χ3n) is 2.82. The van der Waals surface area contributed by atoms with E-state index in [0.29, 0.717) is 38.5 Å². The summed E-state index contributed by atoms with van der Waals surface area (Å²) < 4.78 is 10.9. The van der Waals surface area contributed by atoms with Crippen molar-refractivity contribution < 1.29 is 14.3 Å². The van der Waals surface area contributed by atoms with Gasteiger partial charge in [-0.1, -0.05) is 6.58 Å². The van der Waals surface area contributed by atoms with Gasteiger partial charge >= 0.3 is 5.97 Å². The smallest absolute Gasteiger partial charge is 0.310 e. The monoisotopic (exact) mass is 386 g/mol. The van der Waals surface area contributed by atoms with Crippen molar-refractivity contribution in [2.24, 2.45) is 0 Å². The highest BCUT2D eigenvalue weighted by Crippen LogP contribution is 2.33. The second-order valence-corrected chi connectivity index (χ2v) is 6.60. The molecule has 6 nitrogen and oxygen atoms in total. The summed E-state index contributed by atoms with van der Waals surface area (Å²) in [4.78, 5) is 31.5. The van der Waals surface area contributed by atoms with Gasteiger partial charge in [0.05, 0.1) is 28.8 Å². The minimum absolute atomic E-state index is 0.0188. The molecule has 2 aromatic rings. The number of fused-ring (bicyclic) bond motifs is 1. The Labute approximate surface area is 139 Å². The molecule has 2 heterocycles. The second-order valence-electron chi connectivity index (χ2n) is 4.29. The molecule has 2 aromatic heterocycles. The first-order valence-corrected chi connectivity index (χ1v) is 8.27. The Morgan fingerprint density at radius 1 is 1.36 bits per heavy atom. The Morgan fingerprint density at radius 2 is 2.05 bits per heavy atom. The lowest BCUT2D eigenvalue weighted by Crippen LogP contribution is -2.14. The SMILES string of the molecule is C=C(OCC)c1nc2sc(Br)c(CC(=O)OCC)c2c(=O)[nH]1. The molecule has 0 bridgehead atoms. The molecule has 0 aliphatic carbocycles. The highest BCUT2D eigenvalue weighted by atomic mass is 79.9. The highest BCUT2D eigenvalue weighted by molar-refractivity contribution is 9.11. The fourth-order valence-electron chi connectivity index (χ4n) is 1.93. The molecule has 0 unspecified atom stereocenters. The molecule has 0 atom stereocenters. The number of esters is 1. The van der Waals surface area contributed by atoms with Crippen molar-refractivity contribution in [1.82, 2.24) is 9.97 Å². The van der Waals surface area contributed by atoms with Crippen LogP contribution in [0.25, 0.3) is 16.0 Å². The van der Waals surface area contributed by atoms with Gasteiger partial charge in [0, 0.05) is 5.56 Å². The van der Waals surface area contributed by atoms with E-state index in [-0.39, 0.29) is 23.8 Å². The van der Waals surface area contributed by atoms with Crippen LogP contribution in [-0.2, 0) is 20.7 Å². The van der Waals surface area contributed by atoms with E-state index in [0.717, 1.165) is 0 Å². The van der Waals surface area contributed by atoms with Crippen LogP contribution in [0.15, 0.2) is 15.2 Å². The maximum atomic E-state index is 12.3. The number of H-pyrrole nitrogens is 1. The van der Waals surface area contributed by atoms with Gasteiger partial charge in [-0.15, -0.1) is 11.3 Å². The number of nitrogens with one attached hydrogen (secondary N) is 1. The standard InChI is InChI=1S/C14H15BrN2O4S/c1-4-20-7(3)12-16-13(19)10-8(6-9(18)21-5-2)11(15)22-14(10)17-12/h3-6H2,1-2H3,(H,16,17,19). The van der Waals surface area contributed by atoms with Crippen LogP contribution in [0.4, 0.5) is 0 Å². The van der Waals surface area contributed by atoms with Crippen molar-refractivity contribution in [3.05, 3.63) is 32.1 Å². The first-order valence-electron chi connectivity index (χ1n) is 6.66. The van der Waals surface area contributed by atoms with Crippen LogP contribution in [0.3, 0.4) is 0 Å². The van der Waals surface area contributed by atoms with E-state index in [9.17, 15) is 9.59 Å². The molecule has 0 saturated heterocycles. The average molecular weight is 387 g/mol. The molecule has 2 rings (SSSR count). The largest absolute Gasteiger partial charge is 0.491 e. The molecule has 0 amide bonds. The average Bonchev–Trinajstić information content (AvgIpc) is 2.76. The normalized spacial score (nSPS) is 10.7. The van der Waals surface area contributed by atoms with Crippen LogP contribution in [-0.4, -0.2) is 29.2 Å². The topological polar surface area (TPSA) is 81.3 Å². The van der Waals surface area contributed by atoms with Gasteiger partial charge in [0.1, 0.15) is 4.83 Å². The number of hydrogen-bond acceptors (Lipinski definition) is 6. The van der Waals surface area contributed by atoms with Crippen LogP contribution in [0.1, 0.15) is 25.2 Å². The van der Waals surface area contributed by atoms with Crippen LogP contribution < -0.4 is 5.56 Å². The van der Waals surface area contributed by atoms with Crippen molar-refractivity contribution in [3.63, 3.8) is 0 Å². The van der Waals surface area contributed by atoms with Gasteiger partial charge in [0.15, 0.2) is 11.6 Å². The lowest BCUT2D eigenvalue weighted by Gasteiger charge is -2.05. The predicted octanol–water partition coefficient (Wildman–Crippen LogP) is 2.86. The zero-order valence-corrected chi connectivity index (χ0v) is 14.6. The zero-order chi connectivity index (χ0) is 16.3. The number of thiophene rings is 1. The first-order chi connectivity index (χ1) is 10.5. The number of nitrogens with zero attached hydrogens (tertiary/aromatic N) is 1. The second kappa shape index (κ2) is 7.06. The van der Waals surface area contributed by atoms with E-state index in [1.54, 1.807) is 6.92 Å². The summed E-state index contributed by atoms with van der Waals surface area (Å²) in [5.74, 6) is 0.207. The number of aromatic amines is 1. The quantitative estimate of drug-likeness (QED) is 0.609. The van der Waals surface area contributed by atoms with Gasteiger partial charge in [-0.05, 0) is 29.8 Å². The highest BCUT2D eigenvalue weighted by Gasteiger charge is 2.19. The fraction of sp³-hybridized carbons (Fsp3) is 0.357. The molecule has 0 aromatic carbocycles. The fourth-order valence-corrected chi connectivity index (χ4v) is 3.65. The molecule has 22 heavy (non-hydrogen) atoms. The molecule has 8 heteroatoms. The molecule has 0 radical (unpaired) electrons. The van der Waals surface area contributed by atoms with Crippen molar-refractivity contribution in [3.8, 4) is 0 Å². The lowest BCUT2D eigenvalue weighted by atomic mass is 10.2. The summed E-state index contributed by atoms with van der Waals surface area (Å²) in [5.41, 5.74) is 0.253. The number of aromatic nitrogens is 2. The van der Waals surface area contributed by atoms with Gasteiger partial charge in [0.25, 0.3) is 5.56 Å². The van der Waals surface area contributed by atoms with Gasteiger partial charge in [0.2, 0.25) is 0 Å². The van der Waals surface area contributed by atoms with E-state index in [4.69, 9.17) is 9.47 Å². The van der Waals surface area contributed by atoms with E-state index in [1.807, 2.05) is 6.92 Å². The van der Waals surface area contributed by atoms with Gasteiger partial charge < -0.3 is 14.5 Å². The van der Waals surface area contributed by atoms with Crippen molar-refractivity contribution in [2.45, 2.75) is 20.3 Å². The Kier molecular flexibility index (Phi) is 5.36. The number of carbonyl (C=O) groups is 1. The summed E-state index contributed by atoms with van der Waals surface area (Å²) in [5, 5.41) is 0.387. The summed E-state index contributed by atoms with van der Waals surface area (Å²) in [6.07, 6.45) is 0.0188. The summed E-state index contributed by atoms with van der Waals surface area (Å²) >= 11 is 4.66. The predicted molar refractivity (Wildman–Crippen MR) is 88.9 cm³/mol. The molecule has 118 valence electrons. The molecule has 0 aliphatic heterocycles. The number of carbonyl (C=O) groups excluding carboxylic acids is 1. The van der Waals surface area contributed by atoms with E-state index < -0.39 is 0 Å². The maximum absolute atomic E-state index is 12.3. The third-order valence-corrected chi connectivity index (χ3v) is 4.70. The van der Waals surface area contributed by atoms with Gasteiger partial charge in [-0.25, -0.2) is 4.98 Å². The first kappa shape index (κ1) is 16.7. The van der Waals surface area contributed by atoms with Gasteiger partial charge in [-0.3, -0.25) is 9.59 Å². The third kappa shape index (κ3) is 3.38. The molecular weight excluding hydrogens is 372 g/mol. The minimum Gasteiger partial charge on any atom is -0.491 e. The van der Waals surface area contributed by atoms with E-state index in [2.05, 4.69) is 32.5 Å². The molecule has 0 fully saturated rings. The van der Waals surface area contributed by atoms with Crippen LogP contribution in [0.5, 0.6) is 0 Å². The zero-order valence-electron chi connectivity index (χ0n) is 12.2. The minimum atomic E-state index is -0.384. The summed E-state index contributed by atoms with van der Waals surface area (Å²) in [7, 11) is 0. The Hall–Kier alpha value is -1.67. The van der Waals surface area contributed by atoms with Gasteiger partial charge in [-0.2, -0.15) is 0 Å². The van der Waals surface area contributed by atoms with Crippen LogP contribution in [0, 0.1) is 0 Å². The Morgan fingerprint density at radius 3 is 2.68 bits per heavy atom. The summed E-state index contributed by atoms with van der Waals surface area (Å²) in [6.45, 7) is 8.01. The maximum Gasteiger partial charge on any atom is 0.310 e. The van der Waals surface area contributed by atoms with Crippen molar-refractivity contribution in [2.75, 3.05) is 13.2 Å². The number of ether oxygens (including phenoxy) is 2. The number of rotatable bonds is 6. The molecule has 1 N–H and O–H groups in total. The molecule has 0 saturated carbocycles. The number of halogens is 1.